The average molecular weight is 321 g/mol. The minimum Gasteiger partial charge on any atom is -0.469 e. The van der Waals surface area contributed by atoms with E-state index in [2.05, 4.69) is 4.74 Å². The minimum atomic E-state index is -3.58. The fraction of sp³-hybridized carbons (Fsp3) is 0.846. The van der Waals surface area contributed by atoms with E-state index in [4.69, 9.17) is 4.74 Å². The van der Waals surface area contributed by atoms with Crippen LogP contribution in [0.15, 0.2) is 0 Å². The normalized spacial score (nSPS) is 20.0. The van der Waals surface area contributed by atoms with E-state index in [9.17, 15) is 18.0 Å². The van der Waals surface area contributed by atoms with Gasteiger partial charge in [-0.3, -0.25) is 9.59 Å². The molecule has 1 aliphatic heterocycles. The second-order valence-corrected chi connectivity index (χ2v) is 6.91. The largest absolute Gasteiger partial charge is 0.469 e. The van der Waals surface area contributed by atoms with Crippen LogP contribution in [0.1, 0.15) is 39.0 Å². The number of sulfonamides is 1. The van der Waals surface area contributed by atoms with E-state index in [1.165, 1.54) is 11.4 Å². The standard InChI is InChI=1S/C13H23NO6S/c1-3-20-13(16)11-7-4-5-9-14(11)21(17,18)10-6-8-12(15)19-2/h11H,3-10H2,1-2H3. The summed E-state index contributed by atoms with van der Waals surface area (Å²) in [6, 6.07) is -0.734. The number of carbonyl (C=O) groups excluding carboxylic acids is 2. The maximum Gasteiger partial charge on any atom is 0.324 e. The summed E-state index contributed by atoms with van der Waals surface area (Å²) in [6.45, 7) is 2.24. The first-order valence-electron chi connectivity index (χ1n) is 7.15. The van der Waals surface area contributed by atoms with Crippen LogP contribution in [-0.2, 0) is 29.1 Å². The third-order valence-corrected chi connectivity index (χ3v) is 5.34. The van der Waals surface area contributed by atoms with E-state index in [0.717, 1.165) is 12.8 Å². The molecule has 8 heteroatoms. The van der Waals surface area contributed by atoms with Gasteiger partial charge < -0.3 is 9.47 Å². The van der Waals surface area contributed by atoms with Crippen molar-refractivity contribution in [1.82, 2.24) is 4.31 Å². The predicted molar refractivity (Wildman–Crippen MR) is 76.0 cm³/mol. The van der Waals surface area contributed by atoms with Crippen molar-refractivity contribution >= 4 is 22.0 Å². The molecule has 0 bridgehead atoms. The van der Waals surface area contributed by atoms with E-state index in [1.54, 1.807) is 6.92 Å². The Morgan fingerprint density at radius 1 is 1.29 bits per heavy atom. The summed E-state index contributed by atoms with van der Waals surface area (Å²) < 4.78 is 35.3. The van der Waals surface area contributed by atoms with Crippen molar-refractivity contribution in [2.45, 2.75) is 45.1 Å². The van der Waals surface area contributed by atoms with E-state index >= 15 is 0 Å². The molecule has 21 heavy (non-hydrogen) atoms. The van der Waals surface area contributed by atoms with Crippen LogP contribution < -0.4 is 0 Å². The van der Waals surface area contributed by atoms with Gasteiger partial charge >= 0.3 is 11.9 Å². The Balaban J connectivity index is 2.68. The predicted octanol–water partition coefficient (Wildman–Crippen LogP) is 0.687. The van der Waals surface area contributed by atoms with Crippen LogP contribution >= 0.6 is 0 Å². The topological polar surface area (TPSA) is 90.0 Å². The molecule has 1 unspecified atom stereocenters. The van der Waals surface area contributed by atoms with Crippen molar-refractivity contribution in [3.8, 4) is 0 Å². The number of carbonyl (C=O) groups is 2. The second-order valence-electron chi connectivity index (χ2n) is 4.87. The SMILES string of the molecule is CCOC(=O)C1CCCCN1S(=O)(=O)CCCC(=O)OC. The molecule has 0 spiro atoms. The van der Waals surface area contributed by atoms with Crippen molar-refractivity contribution in [2.24, 2.45) is 0 Å². The molecule has 1 heterocycles. The lowest BCUT2D eigenvalue weighted by molar-refractivity contribution is -0.148. The van der Waals surface area contributed by atoms with Gasteiger partial charge in [-0.15, -0.1) is 0 Å². The summed E-state index contributed by atoms with van der Waals surface area (Å²) in [4.78, 5) is 22.9. The zero-order valence-electron chi connectivity index (χ0n) is 12.5. The van der Waals surface area contributed by atoms with Gasteiger partial charge in [0.15, 0.2) is 0 Å². The first-order chi connectivity index (χ1) is 9.92. The highest BCUT2D eigenvalue weighted by Crippen LogP contribution is 2.22. The van der Waals surface area contributed by atoms with Crippen LogP contribution in [0.2, 0.25) is 0 Å². The van der Waals surface area contributed by atoms with Gasteiger partial charge in [-0.25, -0.2) is 8.42 Å². The van der Waals surface area contributed by atoms with Crippen LogP contribution in [0.25, 0.3) is 0 Å². The number of piperidine rings is 1. The molecule has 0 saturated carbocycles. The Kier molecular flexibility index (Phi) is 7.10. The number of methoxy groups -OCH3 is 1. The van der Waals surface area contributed by atoms with Gasteiger partial charge in [0.1, 0.15) is 6.04 Å². The first kappa shape index (κ1) is 17.9. The van der Waals surface area contributed by atoms with Gasteiger partial charge in [-0.05, 0) is 32.6 Å². The summed E-state index contributed by atoms with van der Waals surface area (Å²) in [5.41, 5.74) is 0. The highest BCUT2D eigenvalue weighted by Gasteiger charge is 2.37. The molecule has 0 amide bonds. The third kappa shape index (κ3) is 5.28. The quantitative estimate of drug-likeness (QED) is 0.641. The molecule has 1 saturated heterocycles. The maximum atomic E-state index is 12.3. The molecular formula is C13H23NO6S. The van der Waals surface area contributed by atoms with Gasteiger partial charge in [-0.2, -0.15) is 4.31 Å². The Bertz CT molecular complexity index is 461. The van der Waals surface area contributed by atoms with Crippen LogP contribution in [0.4, 0.5) is 0 Å². The number of esters is 2. The van der Waals surface area contributed by atoms with Gasteiger partial charge in [-0.1, -0.05) is 0 Å². The van der Waals surface area contributed by atoms with Gasteiger partial charge in [0.25, 0.3) is 0 Å². The Morgan fingerprint density at radius 3 is 2.62 bits per heavy atom. The molecule has 7 nitrogen and oxygen atoms in total. The second kappa shape index (κ2) is 8.33. The number of hydrogen-bond donors (Lipinski definition) is 0. The fourth-order valence-corrected chi connectivity index (χ4v) is 4.06. The van der Waals surface area contributed by atoms with Crippen LogP contribution in [0, 0.1) is 0 Å². The lowest BCUT2D eigenvalue weighted by Crippen LogP contribution is -2.49. The van der Waals surface area contributed by atoms with Gasteiger partial charge in [0.05, 0.1) is 19.5 Å². The molecule has 122 valence electrons. The number of nitrogens with zero attached hydrogens (tertiary/aromatic N) is 1. The molecular weight excluding hydrogens is 298 g/mol. The average Bonchev–Trinajstić information content (AvgIpc) is 2.47. The van der Waals surface area contributed by atoms with Gasteiger partial charge in [0, 0.05) is 13.0 Å². The maximum absolute atomic E-state index is 12.3. The van der Waals surface area contributed by atoms with Crippen LogP contribution in [-0.4, -0.2) is 56.7 Å². The lowest BCUT2D eigenvalue weighted by Gasteiger charge is -2.32. The van der Waals surface area contributed by atoms with E-state index in [-0.39, 0.29) is 25.2 Å². The molecule has 0 aliphatic carbocycles. The van der Waals surface area contributed by atoms with Gasteiger partial charge in [0.2, 0.25) is 10.0 Å². The van der Waals surface area contributed by atoms with E-state index in [0.29, 0.717) is 13.0 Å². The summed E-state index contributed by atoms with van der Waals surface area (Å²) in [7, 11) is -2.31. The summed E-state index contributed by atoms with van der Waals surface area (Å²) >= 11 is 0. The summed E-state index contributed by atoms with van der Waals surface area (Å²) in [5, 5.41) is 0. The van der Waals surface area contributed by atoms with Crippen molar-refractivity contribution in [2.75, 3.05) is 26.0 Å². The van der Waals surface area contributed by atoms with Crippen molar-refractivity contribution in [3.63, 3.8) is 0 Å². The lowest BCUT2D eigenvalue weighted by atomic mass is 10.1. The van der Waals surface area contributed by atoms with E-state index < -0.39 is 28.0 Å². The van der Waals surface area contributed by atoms with Crippen LogP contribution in [0.5, 0.6) is 0 Å². The van der Waals surface area contributed by atoms with E-state index in [1.807, 2.05) is 0 Å². The number of rotatable bonds is 7. The monoisotopic (exact) mass is 321 g/mol. The molecule has 0 aromatic heterocycles. The Hall–Kier alpha value is -1.15. The van der Waals surface area contributed by atoms with Crippen molar-refractivity contribution in [1.29, 1.82) is 0 Å². The van der Waals surface area contributed by atoms with Crippen molar-refractivity contribution < 1.29 is 27.5 Å². The fourth-order valence-electron chi connectivity index (χ4n) is 2.33. The molecule has 0 aromatic rings. The first-order valence-corrected chi connectivity index (χ1v) is 8.76. The highest BCUT2D eigenvalue weighted by atomic mass is 32.2. The zero-order valence-corrected chi connectivity index (χ0v) is 13.4. The Morgan fingerprint density at radius 2 is 2.00 bits per heavy atom. The summed E-state index contributed by atoms with van der Waals surface area (Å²) in [6.07, 6.45) is 2.24. The molecule has 1 fully saturated rings. The zero-order chi connectivity index (χ0) is 15.9. The molecule has 1 aliphatic rings. The van der Waals surface area contributed by atoms with Crippen molar-refractivity contribution in [3.05, 3.63) is 0 Å². The highest BCUT2D eigenvalue weighted by molar-refractivity contribution is 7.89. The molecule has 1 atom stereocenters. The summed E-state index contributed by atoms with van der Waals surface area (Å²) in [5.74, 6) is -1.10. The molecule has 0 N–H and O–H groups in total. The molecule has 1 rings (SSSR count). The van der Waals surface area contributed by atoms with Crippen LogP contribution in [0.3, 0.4) is 0 Å². The third-order valence-electron chi connectivity index (χ3n) is 3.38. The Labute approximate surface area is 125 Å². The number of ether oxygens (including phenoxy) is 2. The minimum absolute atomic E-state index is 0.0492. The smallest absolute Gasteiger partial charge is 0.324 e. The molecule has 0 aromatic carbocycles. The number of hydrogen-bond acceptors (Lipinski definition) is 6. The molecule has 0 radical (unpaired) electrons.